The van der Waals surface area contributed by atoms with Crippen LogP contribution in [0.1, 0.15) is 41.3 Å². The number of hydrogen-bond donors (Lipinski definition) is 0. The maximum absolute atomic E-state index is 13.5. The van der Waals surface area contributed by atoms with Crippen molar-refractivity contribution in [3.63, 3.8) is 0 Å². The summed E-state index contributed by atoms with van der Waals surface area (Å²) in [6, 6.07) is 2.04. The van der Waals surface area contributed by atoms with Crippen molar-refractivity contribution in [3.05, 3.63) is 46.0 Å². The number of hydrogen-bond acceptors (Lipinski definition) is 7. The summed E-state index contributed by atoms with van der Waals surface area (Å²) in [6.07, 6.45) is 3.33. The number of ether oxygens (including phenoxy) is 1. The average molecular weight is 390 g/mol. The first-order chi connectivity index (χ1) is 13.1. The highest BCUT2D eigenvalue weighted by Gasteiger charge is 2.30. The molecule has 1 unspecified atom stereocenters. The molecule has 1 atom stereocenters. The first kappa shape index (κ1) is 17.7. The fourth-order valence-corrected chi connectivity index (χ4v) is 4.11. The van der Waals surface area contributed by atoms with Crippen molar-refractivity contribution in [2.75, 3.05) is 18.1 Å². The zero-order valence-corrected chi connectivity index (χ0v) is 15.3. The second-order valence-electron chi connectivity index (χ2n) is 6.13. The molecule has 2 aromatic heterocycles. The number of anilines is 1. The fraction of sp³-hybridized carbons (Fsp3) is 0.333. The molecule has 0 saturated carbocycles. The zero-order valence-electron chi connectivity index (χ0n) is 14.5. The van der Waals surface area contributed by atoms with Crippen molar-refractivity contribution < 1.29 is 18.3 Å². The van der Waals surface area contributed by atoms with Gasteiger partial charge in [0.1, 0.15) is 10.8 Å². The molecule has 1 aromatic carbocycles. The number of esters is 1. The second-order valence-corrected chi connectivity index (χ2v) is 7.02. The SMILES string of the molecule is CCOC(=O)c1csc(C2CCCN2c2cnc3cc(F)c(F)cc3n2)n1. The van der Waals surface area contributed by atoms with Crippen LogP contribution >= 0.6 is 11.3 Å². The zero-order chi connectivity index (χ0) is 19.0. The van der Waals surface area contributed by atoms with Crippen molar-refractivity contribution in [1.82, 2.24) is 15.0 Å². The van der Waals surface area contributed by atoms with Gasteiger partial charge in [0.25, 0.3) is 0 Å². The van der Waals surface area contributed by atoms with Gasteiger partial charge in [-0.1, -0.05) is 0 Å². The van der Waals surface area contributed by atoms with E-state index in [4.69, 9.17) is 4.74 Å². The Balaban J connectivity index is 1.64. The van der Waals surface area contributed by atoms with Gasteiger partial charge in [-0.3, -0.25) is 4.98 Å². The third-order valence-corrected chi connectivity index (χ3v) is 5.36. The molecule has 140 valence electrons. The molecule has 0 N–H and O–H groups in total. The Kier molecular flexibility index (Phi) is 4.69. The van der Waals surface area contributed by atoms with E-state index in [-0.39, 0.29) is 6.04 Å². The van der Waals surface area contributed by atoms with E-state index in [0.29, 0.717) is 29.2 Å². The normalized spacial score (nSPS) is 16.9. The van der Waals surface area contributed by atoms with E-state index in [1.807, 2.05) is 4.90 Å². The highest BCUT2D eigenvalue weighted by atomic mass is 32.1. The summed E-state index contributed by atoms with van der Waals surface area (Å²) in [5, 5.41) is 2.48. The van der Waals surface area contributed by atoms with Gasteiger partial charge in [-0.25, -0.2) is 23.5 Å². The molecule has 0 bridgehead atoms. The lowest BCUT2D eigenvalue weighted by Gasteiger charge is -2.24. The molecule has 0 amide bonds. The quantitative estimate of drug-likeness (QED) is 0.630. The van der Waals surface area contributed by atoms with E-state index in [0.717, 1.165) is 36.5 Å². The van der Waals surface area contributed by atoms with Gasteiger partial charge in [0.2, 0.25) is 0 Å². The fourth-order valence-electron chi connectivity index (χ4n) is 3.17. The Morgan fingerprint density at radius 2 is 2.07 bits per heavy atom. The lowest BCUT2D eigenvalue weighted by atomic mass is 10.2. The highest BCUT2D eigenvalue weighted by molar-refractivity contribution is 7.10. The Labute approximate surface area is 157 Å². The van der Waals surface area contributed by atoms with Crippen LogP contribution in [0.4, 0.5) is 14.6 Å². The number of rotatable bonds is 4. The number of benzene rings is 1. The van der Waals surface area contributed by atoms with Crippen molar-refractivity contribution in [2.45, 2.75) is 25.8 Å². The Morgan fingerprint density at radius 3 is 2.85 bits per heavy atom. The molecular formula is C18H16F2N4O2S. The van der Waals surface area contributed by atoms with Gasteiger partial charge in [-0.2, -0.15) is 0 Å². The van der Waals surface area contributed by atoms with Crippen molar-refractivity contribution >= 4 is 34.2 Å². The molecule has 1 aliphatic rings. The lowest BCUT2D eigenvalue weighted by molar-refractivity contribution is 0.0520. The van der Waals surface area contributed by atoms with Crippen LogP contribution in [-0.4, -0.2) is 34.1 Å². The summed E-state index contributed by atoms with van der Waals surface area (Å²) >= 11 is 1.40. The Hall–Kier alpha value is -2.68. The molecule has 6 nitrogen and oxygen atoms in total. The predicted octanol–water partition coefficient (Wildman–Crippen LogP) is 3.88. The third kappa shape index (κ3) is 3.34. The Bertz CT molecular complexity index is 1010. The number of nitrogens with zero attached hydrogens (tertiary/aromatic N) is 4. The minimum absolute atomic E-state index is 0.0461. The van der Waals surface area contributed by atoms with E-state index in [1.165, 1.54) is 11.3 Å². The molecule has 3 aromatic rings. The maximum atomic E-state index is 13.5. The van der Waals surface area contributed by atoms with Gasteiger partial charge < -0.3 is 9.64 Å². The van der Waals surface area contributed by atoms with Gasteiger partial charge in [0, 0.05) is 24.1 Å². The first-order valence-corrected chi connectivity index (χ1v) is 9.45. The molecule has 1 saturated heterocycles. The average Bonchev–Trinajstić information content (AvgIpc) is 3.31. The molecule has 0 radical (unpaired) electrons. The molecule has 27 heavy (non-hydrogen) atoms. The van der Waals surface area contributed by atoms with Crippen molar-refractivity contribution in [2.24, 2.45) is 0 Å². The van der Waals surface area contributed by atoms with Crippen LogP contribution in [0.2, 0.25) is 0 Å². The van der Waals surface area contributed by atoms with Crippen molar-refractivity contribution in [3.8, 4) is 0 Å². The summed E-state index contributed by atoms with van der Waals surface area (Å²) in [4.78, 5) is 27.0. The smallest absolute Gasteiger partial charge is 0.357 e. The summed E-state index contributed by atoms with van der Waals surface area (Å²) in [7, 11) is 0. The molecule has 4 rings (SSSR count). The summed E-state index contributed by atoms with van der Waals surface area (Å²) in [5.41, 5.74) is 0.890. The van der Waals surface area contributed by atoms with Gasteiger partial charge >= 0.3 is 5.97 Å². The van der Waals surface area contributed by atoms with E-state index < -0.39 is 17.6 Å². The van der Waals surface area contributed by atoms with E-state index in [9.17, 15) is 13.6 Å². The molecule has 0 spiro atoms. The number of thiazole rings is 1. The minimum atomic E-state index is -0.953. The van der Waals surface area contributed by atoms with Crippen LogP contribution in [-0.2, 0) is 4.74 Å². The maximum Gasteiger partial charge on any atom is 0.357 e. The first-order valence-electron chi connectivity index (χ1n) is 8.58. The number of fused-ring (bicyclic) bond motifs is 1. The predicted molar refractivity (Wildman–Crippen MR) is 96.8 cm³/mol. The van der Waals surface area contributed by atoms with Crippen LogP contribution in [0.3, 0.4) is 0 Å². The van der Waals surface area contributed by atoms with E-state index in [2.05, 4.69) is 15.0 Å². The number of carbonyl (C=O) groups excluding carboxylic acids is 1. The monoisotopic (exact) mass is 390 g/mol. The van der Waals surface area contributed by atoms with Gasteiger partial charge in [0.05, 0.1) is 29.9 Å². The Morgan fingerprint density at radius 1 is 1.30 bits per heavy atom. The summed E-state index contributed by atoms with van der Waals surface area (Å²) in [6.45, 7) is 2.78. The highest BCUT2D eigenvalue weighted by Crippen LogP contribution is 2.37. The molecule has 9 heteroatoms. The number of aromatic nitrogens is 3. The van der Waals surface area contributed by atoms with Gasteiger partial charge in [-0.15, -0.1) is 11.3 Å². The lowest BCUT2D eigenvalue weighted by Crippen LogP contribution is -2.23. The van der Waals surface area contributed by atoms with Gasteiger partial charge in [-0.05, 0) is 19.8 Å². The van der Waals surface area contributed by atoms with Crippen LogP contribution in [0.25, 0.3) is 11.0 Å². The van der Waals surface area contributed by atoms with Crippen molar-refractivity contribution in [1.29, 1.82) is 0 Å². The van der Waals surface area contributed by atoms with E-state index >= 15 is 0 Å². The largest absolute Gasteiger partial charge is 0.461 e. The molecule has 3 heterocycles. The topological polar surface area (TPSA) is 68.2 Å². The molecular weight excluding hydrogens is 374 g/mol. The third-order valence-electron chi connectivity index (χ3n) is 4.41. The van der Waals surface area contributed by atoms with E-state index in [1.54, 1.807) is 18.5 Å². The second kappa shape index (κ2) is 7.15. The summed E-state index contributed by atoms with van der Waals surface area (Å²) < 4.78 is 31.9. The van der Waals surface area contributed by atoms with Crippen LogP contribution in [0.5, 0.6) is 0 Å². The van der Waals surface area contributed by atoms with Gasteiger partial charge in [0.15, 0.2) is 17.3 Å². The van der Waals surface area contributed by atoms with Crippen LogP contribution < -0.4 is 4.90 Å². The van der Waals surface area contributed by atoms with Crippen LogP contribution in [0.15, 0.2) is 23.7 Å². The standard InChI is InChI=1S/C18H16F2N4O2S/c1-2-26-18(25)14-9-27-17(23-14)15-4-3-5-24(15)16-8-21-12-6-10(19)11(20)7-13(12)22-16/h6-9,15H,2-5H2,1H3. The molecule has 1 fully saturated rings. The minimum Gasteiger partial charge on any atom is -0.461 e. The molecule has 0 aliphatic carbocycles. The summed E-state index contributed by atoms with van der Waals surface area (Å²) in [5.74, 6) is -1.76. The van der Waals surface area contributed by atoms with Crippen LogP contribution in [0, 0.1) is 11.6 Å². The number of carbonyl (C=O) groups is 1. The molecule has 1 aliphatic heterocycles. The number of halogens is 2.